The summed E-state index contributed by atoms with van der Waals surface area (Å²) in [5.74, 6) is 1.60. The predicted molar refractivity (Wildman–Crippen MR) is 61.6 cm³/mol. The van der Waals surface area contributed by atoms with Gasteiger partial charge in [-0.05, 0) is 31.2 Å². The van der Waals surface area contributed by atoms with Crippen molar-refractivity contribution in [1.82, 2.24) is 0 Å². The second kappa shape index (κ2) is 4.00. The van der Waals surface area contributed by atoms with Gasteiger partial charge in [-0.25, -0.2) is 0 Å². The maximum Gasteiger partial charge on any atom is 0.145 e. The Morgan fingerprint density at radius 1 is 1.20 bits per heavy atom. The van der Waals surface area contributed by atoms with Crippen LogP contribution in [-0.2, 0) is 0 Å². The number of aryl methyl sites for hydroxylation is 1. The van der Waals surface area contributed by atoms with Gasteiger partial charge in [0.15, 0.2) is 0 Å². The molecule has 0 amide bonds. The highest BCUT2D eigenvalue weighted by atomic mass is 16.3. The van der Waals surface area contributed by atoms with E-state index in [1.54, 1.807) is 6.21 Å². The van der Waals surface area contributed by atoms with Crippen LogP contribution in [0.25, 0.3) is 0 Å². The molecular weight excluding hydrogens is 188 g/mol. The van der Waals surface area contributed by atoms with Crippen LogP contribution in [-0.4, -0.2) is 6.21 Å². The van der Waals surface area contributed by atoms with E-state index in [1.807, 2.05) is 43.3 Å². The second-order valence-corrected chi connectivity index (χ2v) is 3.27. The molecule has 1 aromatic carbocycles. The molecule has 0 saturated heterocycles. The zero-order valence-corrected chi connectivity index (χ0v) is 8.47. The Hall–Kier alpha value is -2.03. The SMILES string of the molecule is Cc1ccc(/C=N/c2ccccc2N)o1. The maximum absolute atomic E-state index is 5.75. The Morgan fingerprint density at radius 3 is 2.67 bits per heavy atom. The van der Waals surface area contributed by atoms with Gasteiger partial charge in [-0.15, -0.1) is 0 Å². The average molecular weight is 200 g/mol. The molecule has 0 saturated carbocycles. The van der Waals surface area contributed by atoms with Crippen LogP contribution in [0.2, 0.25) is 0 Å². The molecule has 76 valence electrons. The van der Waals surface area contributed by atoms with Gasteiger partial charge in [0.05, 0.1) is 17.6 Å². The Kier molecular flexibility index (Phi) is 2.54. The summed E-state index contributed by atoms with van der Waals surface area (Å²) in [5, 5.41) is 0. The molecule has 1 aromatic heterocycles. The monoisotopic (exact) mass is 200 g/mol. The molecule has 2 aromatic rings. The van der Waals surface area contributed by atoms with Crippen molar-refractivity contribution in [2.45, 2.75) is 6.92 Å². The second-order valence-electron chi connectivity index (χ2n) is 3.27. The third-order valence-corrected chi connectivity index (χ3v) is 2.03. The van der Waals surface area contributed by atoms with Crippen LogP contribution in [0.5, 0.6) is 0 Å². The van der Waals surface area contributed by atoms with E-state index in [-0.39, 0.29) is 0 Å². The first-order chi connectivity index (χ1) is 7.25. The van der Waals surface area contributed by atoms with Crippen molar-refractivity contribution >= 4 is 17.6 Å². The minimum atomic E-state index is 0.664. The lowest BCUT2D eigenvalue weighted by atomic mass is 10.3. The molecule has 2 N–H and O–H groups in total. The van der Waals surface area contributed by atoms with Gasteiger partial charge < -0.3 is 10.2 Å². The van der Waals surface area contributed by atoms with E-state index in [4.69, 9.17) is 10.2 Å². The van der Waals surface area contributed by atoms with E-state index >= 15 is 0 Å². The maximum atomic E-state index is 5.75. The molecule has 0 atom stereocenters. The molecule has 2 rings (SSSR count). The van der Waals surface area contributed by atoms with Gasteiger partial charge in [-0.1, -0.05) is 12.1 Å². The molecule has 3 heteroatoms. The first-order valence-electron chi connectivity index (χ1n) is 4.71. The third kappa shape index (κ3) is 2.26. The number of hydrogen-bond donors (Lipinski definition) is 1. The number of nitrogens with zero attached hydrogens (tertiary/aromatic N) is 1. The zero-order chi connectivity index (χ0) is 10.7. The molecule has 0 radical (unpaired) electrons. The smallest absolute Gasteiger partial charge is 0.145 e. The minimum Gasteiger partial charge on any atom is -0.460 e. The molecule has 0 aliphatic carbocycles. The van der Waals surface area contributed by atoms with E-state index in [0.717, 1.165) is 17.2 Å². The molecule has 0 aliphatic rings. The molecule has 0 fully saturated rings. The van der Waals surface area contributed by atoms with Crippen LogP contribution >= 0.6 is 0 Å². The van der Waals surface area contributed by atoms with Gasteiger partial charge in [-0.2, -0.15) is 0 Å². The molecule has 0 bridgehead atoms. The molecule has 1 heterocycles. The Bertz CT molecular complexity index is 486. The highest BCUT2D eigenvalue weighted by Gasteiger charge is 1.96. The molecule has 0 aliphatic heterocycles. The summed E-state index contributed by atoms with van der Waals surface area (Å²) in [6.07, 6.45) is 1.67. The van der Waals surface area contributed by atoms with Crippen molar-refractivity contribution in [2.75, 3.05) is 5.73 Å². The van der Waals surface area contributed by atoms with Gasteiger partial charge in [0.1, 0.15) is 11.5 Å². The number of aliphatic imine (C=N–C) groups is 1. The zero-order valence-electron chi connectivity index (χ0n) is 8.47. The van der Waals surface area contributed by atoms with Gasteiger partial charge in [0.2, 0.25) is 0 Å². The van der Waals surface area contributed by atoms with Crippen LogP contribution in [0, 0.1) is 6.92 Å². The van der Waals surface area contributed by atoms with E-state index < -0.39 is 0 Å². The minimum absolute atomic E-state index is 0.664. The highest BCUT2D eigenvalue weighted by Crippen LogP contribution is 2.20. The lowest BCUT2D eigenvalue weighted by Gasteiger charge is -1.96. The number of benzene rings is 1. The quantitative estimate of drug-likeness (QED) is 0.598. The summed E-state index contributed by atoms with van der Waals surface area (Å²) in [4.78, 5) is 4.25. The van der Waals surface area contributed by atoms with Gasteiger partial charge in [-0.3, -0.25) is 4.99 Å². The summed E-state index contributed by atoms with van der Waals surface area (Å²) < 4.78 is 5.35. The fourth-order valence-electron chi connectivity index (χ4n) is 1.26. The first kappa shape index (κ1) is 9.52. The van der Waals surface area contributed by atoms with Crippen LogP contribution in [0.15, 0.2) is 45.8 Å². The van der Waals surface area contributed by atoms with Crippen molar-refractivity contribution in [3.63, 3.8) is 0 Å². The van der Waals surface area contributed by atoms with Gasteiger partial charge >= 0.3 is 0 Å². The molecule has 15 heavy (non-hydrogen) atoms. The standard InChI is InChI=1S/C12H12N2O/c1-9-6-7-10(15-9)8-14-12-5-3-2-4-11(12)13/h2-8H,13H2,1H3/b14-8+. The Labute approximate surface area is 88.2 Å². The van der Waals surface area contributed by atoms with Crippen molar-refractivity contribution < 1.29 is 4.42 Å². The Balaban J connectivity index is 2.22. The Morgan fingerprint density at radius 2 is 2.00 bits per heavy atom. The number of hydrogen-bond acceptors (Lipinski definition) is 3. The number of nitrogen functional groups attached to an aromatic ring is 1. The van der Waals surface area contributed by atoms with E-state index in [0.29, 0.717) is 5.69 Å². The lowest BCUT2D eigenvalue weighted by Crippen LogP contribution is -1.84. The average Bonchev–Trinajstić information content (AvgIpc) is 2.63. The summed E-state index contributed by atoms with van der Waals surface area (Å²) in [6.45, 7) is 1.90. The van der Waals surface area contributed by atoms with Crippen molar-refractivity contribution in [3.8, 4) is 0 Å². The van der Waals surface area contributed by atoms with Gasteiger partial charge in [0, 0.05) is 0 Å². The van der Waals surface area contributed by atoms with Gasteiger partial charge in [0.25, 0.3) is 0 Å². The number of rotatable bonds is 2. The normalized spacial score (nSPS) is 11.0. The number of nitrogens with two attached hydrogens (primary N) is 1. The topological polar surface area (TPSA) is 51.5 Å². The summed E-state index contributed by atoms with van der Waals surface area (Å²) >= 11 is 0. The van der Waals surface area contributed by atoms with Crippen LogP contribution in [0.4, 0.5) is 11.4 Å². The van der Waals surface area contributed by atoms with Crippen molar-refractivity contribution in [2.24, 2.45) is 4.99 Å². The van der Waals surface area contributed by atoms with Crippen LogP contribution < -0.4 is 5.73 Å². The lowest BCUT2D eigenvalue weighted by molar-refractivity contribution is 0.528. The number of para-hydroxylation sites is 2. The summed E-state index contributed by atoms with van der Waals surface area (Å²) in [7, 11) is 0. The third-order valence-electron chi connectivity index (χ3n) is 2.03. The predicted octanol–water partition coefficient (Wildman–Crippen LogP) is 2.92. The first-order valence-corrected chi connectivity index (χ1v) is 4.71. The fraction of sp³-hybridized carbons (Fsp3) is 0.0833. The van der Waals surface area contributed by atoms with Crippen LogP contribution in [0.1, 0.15) is 11.5 Å². The summed E-state index contributed by atoms with van der Waals surface area (Å²) in [6, 6.07) is 11.2. The molecule has 0 spiro atoms. The molecular formula is C12H12N2O. The number of furan rings is 1. The van der Waals surface area contributed by atoms with E-state index in [1.165, 1.54) is 0 Å². The fourth-order valence-corrected chi connectivity index (χ4v) is 1.26. The van der Waals surface area contributed by atoms with Crippen LogP contribution in [0.3, 0.4) is 0 Å². The van der Waals surface area contributed by atoms with E-state index in [2.05, 4.69) is 4.99 Å². The number of anilines is 1. The largest absolute Gasteiger partial charge is 0.460 e. The van der Waals surface area contributed by atoms with Crippen molar-refractivity contribution in [3.05, 3.63) is 47.9 Å². The van der Waals surface area contributed by atoms with E-state index in [9.17, 15) is 0 Å². The molecule has 0 unspecified atom stereocenters. The molecule has 3 nitrogen and oxygen atoms in total. The summed E-state index contributed by atoms with van der Waals surface area (Å²) in [5.41, 5.74) is 7.17. The highest BCUT2D eigenvalue weighted by molar-refractivity contribution is 5.80. The van der Waals surface area contributed by atoms with Crippen molar-refractivity contribution in [1.29, 1.82) is 0 Å².